The van der Waals surface area contributed by atoms with Crippen LogP contribution in [0.2, 0.25) is 0 Å². The van der Waals surface area contributed by atoms with Gasteiger partial charge in [-0.1, -0.05) is 0 Å². The fourth-order valence-corrected chi connectivity index (χ4v) is 3.27. The Morgan fingerprint density at radius 1 is 0.971 bits per heavy atom. The number of benzene rings is 2. The van der Waals surface area contributed by atoms with Gasteiger partial charge in [0.1, 0.15) is 0 Å². The monoisotopic (exact) mass is 464 g/mol. The Bertz CT molecular complexity index is 1170. The van der Waals surface area contributed by atoms with Crippen LogP contribution < -0.4 is 34.3 Å². The number of nitrogens with zero attached hydrogens (tertiary/aromatic N) is 2. The average molecular weight is 464 g/mol. The molecule has 1 aromatic heterocycles. The van der Waals surface area contributed by atoms with E-state index in [0.717, 1.165) is 5.56 Å². The van der Waals surface area contributed by atoms with E-state index in [1.807, 2.05) is 12.1 Å². The summed E-state index contributed by atoms with van der Waals surface area (Å²) in [4.78, 5) is 21.7. The van der Waals surface area contributed by atoms with Crippen molar-refractivity contribution in [2.24, 2.45) is 4.99 Å². The summed E-state index contributed by atoms with van der Waals surface area (Å²) in [7, 11) is 4.48. The third-order valence-corrected chi connectivity index (χ3v) is 4.96. The smallest absolute Gasteiger partial charge is 0.258 e. The van der Waals surface area contributed by atoms with Crippen LogP contribution in [0.25, 0.3) is 0 Å². The molecule has 1 amide bonds. The number of methoxy groups -OCH3 is 3. The molecule has 1 aliphatic heterocycles. The van der Waals surface area contributed by atoms with Gasteiger partial charge in [-0.05, 0) is 42.0 Å². The van der Waals surface area contributed by atoms with E-state index in [-0.39, 0.29) is 12.8 Å². The minimum absolute atomic E-state index is 0.166. The Hall–Kier alpha value is -4.47. The summed E-state index contributed by atoms with van der Waals surface area (Å²) >= 11 is 0. The van der Waals surface area contributed by atoms with E-state index in [9.17, 15) is 4.79 Å². The van der Waals surface area contributed by atoms with Crippen molar-refractivity contribution in [1.82, 2.24) is 10.3 Å². The molecule has 0 unspecified atom stereocenters. The van der Waals surface area contributed by atoms with Crippen molar-refractivity contribution in [3.8, 4) is 28.7 Å². The fraction of sp³-hybridized carbons (Fsp3) is 0.208. The van der Waals surface area contributed by atoms with Crippen LogP contribution in [0.4, 0.5) is 5.69 Å². The predicted molar refractivity (Wildman–Crippen MR) is 125 cm³/mol. The lowest BCUT2D eigenvalue weighted by Gasteiger charge is -2.15. The molecule has 0 fully saturated rings. The molecule has 0 bridgehead atoms. The number of aromatic nitrogens is 1. The van der Waals surface area contributed by atoms with Crippen molar-refractivity contribution in [2.45, 2.75) is 6.54 Å². The Balaban J connectivity index is 1.60. The SMILES string of the molecule is COc1cc(C(=O)NC(=NCc2ccncc2)Nc2ccc3c(c2)OCO3)cc(OC)c1OC. The van der Waals surface area contributed by atoms with Crippen LogP contribution in [-0.2, 0) is 6.54 Å². The standard InChI is InChI=1S/C24H24N4O6/c1-30-20-10-16(11-21(31-2)22(20)32-3)23(29)28-24(26-13-15-6-8-25-9-7-15)27-17-4-5-18-19(12-17)34-14-33-18/h4-12H,13-14H2,1-3H3,(H2,26,27,28,29). The van der Waals surface area contributed by atoms with Crippen LogP contribution in [0.3, 0.4) is 0 Å². The number of ether oxygens (including phenoxy) is 5. The number of amides is 1. The lowest BCUT2D eigenvalue weighted by Crippen LogP contribution is -2.36. The topological polar surface area (TPSA) is 113 Å². The molecule has 0 aliphatic carbocycles. The van der Waals surface area contributed by atoms with E-state index in [1.165, 1.54) is 21.3 Å². The molecule has 10 nitrogen and oxygen atoms in total. The number of aliphatic imine (C=N–C) groups is 1. The van der Waals surface area contributed by atoms with Gasteiger partial charge < -0.3 is 29.0 Å². The molecule has 1 aliphatic rings. The third-order valence-electron chi connectivity index (χ3n) is 4.96. The number of rotatable bonds is 7. The Labute approximate surface area is 196 Å². The zero-order valence-electron chi connectivity index (χ0n) is 19.0. The summed E-state index contributed by atoms with van der Waals surface area (Å²) in [6.45, 7) is 0.491. The number of carbonyl (C=O) groups excluding carboxylic acids is 1. The normalized spacial score (nSPS) is 12.1. The van der Waals surface area contributed by atoms with Gasteiger partial charge in [-0.2, -0.15) is 0 Å². The molecular formula is C24H24N4O6. The molecule has 10 heteroatoms. The molecule has 0 saturated carbocycles. The summed E-state index contributed by atoms with van der Waals surface area (Å²) in [6, 6.07) is 12.2. The Morgan fingerprint density at radius 2 is 1.68 bits per heavy atom. The van der Waals surface area contributed by atoms with Gasteiger partial charge in [-0.15, -0.1) is 0 Å². The molecule has 0 atom stereocenters. The van der Waals surface area contributed by atoms with E-state index in [1.54, 1.807) is 42.7 Å². The maximum absolute atomic E-state index is 13.1. The lowest BCUT2D eigenvalue weighted by molar-refractivity contribution is 0.0976. The van der Waals surface area contributed by atoms with Gasteiger partial charge in [0.2, 0.25) is 18.5 Å². The number of hydrogen-bond donors (Lipinski definition) is 2. The Kier molecular flexibility index (Phi) is 6.97. The second-order valence-electron chi connectivity index (χ2n) is 7.08. The second-order valence-corrected chi connectivity index (χ2v) is 7.08. The first-order chi connectivity index (χ1) is 16.6. The van der Waals surface area contributed by atoms with E-state index < -0.39 is 5.91 Å². The summed E-state index contributed by atoms with van der Waals surface area (Å²) in [6.07, 6.45) is 3.37. The number of pyridine rings is 1. The predicted octanol–water partition coefficient (Wildman–Crippen LogP) is 3.23. The minimum Gasteiger partial charge on any atom is -0.493 e. The van der Waals surface area contributed by atoms with Crippen LogP contribution in [0.15, 0.2) is 59.9 Å². The molecule has 2 aromatic carbocycles. The zero-order chi connectivity index (χ0) is 23.9. The van der Waals surface area contributed by atoms with Gasteiger partial charge in [0.25, 0.3) is 5.91 Å². The molecule has 4 rings (SSSR count). The molecule has 3 aromatic rings. The molecule has 2 heterocycles. The first-order valence-corrected chi connectivity index (χ1v) is 10.3. The highest BCUT2D eigenvalue weighted by molar-refractivity contribution is 6.10. The van der Waals surface area contributed by atoms with Crippen molar-refractivity contribution in [3.05, 3.63) is 66.0 Å². The van der Waals surface area contributed by atoms with Crippen molar-refractivity contribution in [1.29, 1.82) is 0 Å². The average Bonchev–Trinajstić information content (AvgIpc) is 3.34. The van der Waals surface area contributed by atoms with Crippen molar-refractivity contribution < 1.29 is 28.5 Å². The molecular weight excluding hydrogens is 440 g/mol. The molecule has 2 N–H and O–H groups in total. The molecule has 34 heavy (non-hydrogen) atoms. The first kappa shape index (κ1) is 22.7. The van der Waals surface area contributed by atoms with Crippen molar-refractivity contribution in [2.75, 3.05) is 33.4 Å². The minimum atomic E-state index is -0.416. The summed E-state index contributed by atoms with van der Waals surface area (Å²) in [5.41, 5.74) is 1.91. The van der Waals surface area contributed by atoms with Crippen LogP contribution in [0.1, 0.15) is 15.9 Å². The van der Waals surface area contributed by atoms with E-state index in [4.69, 9.17) is 23.7 Å². The van der Waals surface area contributed by atoms with Crippen molar-refractivity contribution in [3.63, 3.8) is 0 Å². The quantitative estimate of drug-likeness (QED) is 0.405. The molecule has 0 saturated heterocycles. The highest BCUT2D eigenvalue weighted by Crippen LogP contribution is 2.38. The highest BCUT2D eigenvalue weighted by atomic mass is 16.7. The number of carbonyl (C=O) groups is 1. The van der Waals surface area contributed by atoms with E-state index >= 15 is 0 Å². The molecule has 0 spiro atoms. The van der Waals surface area contributed by atoms with Crippen LogP contribution in [-0.4, -0.2) is 45.0 Å². The van der Waals surface area contributed by atoms with Gasteiger partial charge in [0.05, 0.1) is 27.9 Å². The van der Waals surface area contributed by atoms with Gasteiger partial charge in [-0.25, -0.2) is 4.99 Å². The Morgan fingerprint density at radius 3 is 2.35 bits per heavy atom. The first-order valence-electron chi connectivity index (χ1n) is 10.3. The van der Waals surface area contributed by atoms with Crippen LogP contribution >= 0.6 is 0 Å². The van der Waals surface area contributed by atoms with Crippen LogP contribution in [0, 0.1) is 0 Å². The number of hydrogen-bond acceptors (Lipinski definition) is 8. The number of nitrogens with one attached hydrogen (secondary N) is 2. The third kappa shape index (κ3) is 5.12. The number of anilines is 1. The fourth-order valence-electron chi connectivity index (χ4n) is 3.27. The van der Waals surface area contributed by atoms with Gasteiger partial charge in [0, 0.05) is 29.7 Å². The van der Waals surface area contributed by atoms with Gasteiger partial charge in [-0.3, -0.25) is 15.1 Å². The molecule has 176 valence electrons. The summed E-state index contributed by atoms with van der Waals surface area (Å²) in [5, 5.41) is 5.96. The van der Waals surface area contributed by atoms with Crippen molar-refractivity contribution >= 4 is 17.6 Å². The zero-order valence-corrected chi connectivity index (χ0v) is 19.0. The summed E-state index contributed by atoms with van der Waals surface area (Å²) < 4.78 is 26.8. The summed E-state index contributed by atoms with van der Waals surface area (Å²) in [5.74, 6) is 2.22. The van der Waals surface area contributed by atoms with Crippen LogP contribution in [0.5, 0.6) is 28.7 Å². The largest absolute Gasteiger partial charge is 0.493 e. The van der Waals surface area contributed by atoms with E-state index in [0.29, 0.717) is 46.5 Å². The second kappa shape index (κ2) is 10.4. The lowest BCUT2D eigenvalue weighted by atomic mass is 10.1. The van der Waals surface area contributed by atoms with E-state index in [2.05, 4.69) is 20.6 Å². The number of fused-ring (bicyclic) bond motifs is 1. The van der Waals surface area contributed by atoms with Gasteiger partial charge >= 0.3 is 0 Å². The number of guanidine groups is 1. The van der Waals surface area contributed by atoms with Gasteiger partial charge in [0.15, 0.2) is 23.0 Å². The molecule has 0 radical (unpaired) electrons. The highest BCUT2D eigenvalue weighted by Gasteiger charge is 2.19. The maximum atomic E-state index is 13.1. The maximum Gasteiger partial charge on any atom is 0.258 e.